The number of carbonyl (C=O) groups is 4. The van der Waals surface area contributed by atoms with E-state index in [0.29, 0.717) is 24.4 Å². The number of hydrogen-bond acceptors (Lipinski definition) is 5. The molecule has 9 heteroatoms. The Morgan fingerprint density at radius 2 is 1.74 bits per heavy atom. The third-order valence-corrected chi connectivity index (χ3v) is 8.45. The predicted octanol–water partition coefficient (Wildman–Crippen LogP) is 2.70. The molecule has 1 unspecified atom stereocenters. The minimum absolute atomic E-state index is 0.0549. The third-order valence-electron chi connectivity index (χ3n) is 8.45. The van der Waals surface area contributed by atoms with E-state index in [1.807, 2.05) is 30.1 Å². The summed E-state index contributed by atoms with van der Waals surface area (Å²) in [5, 5.41) is 2.36. The molecule has 6 rings (SSSR count). The van der Waals surface area contributed by atoms with Gasteiger partial charge in [-0.15, -0.1) is 0 Å². The molecule has 0 saturated carbocycles. The van der Waals surface area contributed by atoms with Crippen molar-refractivity contribution >= 4 is 29.4 Å². The summed E-state index contributed by atoms with van der Waals surface area (Å²) in [6, 6.07) is 13.9. The number of likely N-dealkylation sites (N-methyl/N-ethyl adjacent to an activating group) is 1. The van der Waals surface area contributed by atoms with E-state index in [4.69, 9.17) is 0 Å². The highest BCUT2D eigenvalue weighted by Gasteiger charge is 2.39. The highest BCUT2D eigenvalue weighted by atomic mass is 16.2. The maximum atomic E-state index is 13.0. The number of likely N-dealkylation sites (tertiary alicyclic amines) is 1. The summed E-state index contributed by atoms with van der Waals surface area (Å²) in [7, 11) is 1.84. The minimum Gasteiger partial charge on any atom is -0.326 e. The highest BCUT2D eigenvalue weighted by Crippen LogP contribution is 2.34. The first-order valence-corrected chi connectivity index (χ1v) is 13.5. The van der Waals surface area contributed by atoms with Crippen molar-refractivity contribution in [1.82, 2.24) is 20.0 Å². The van der Waals surface area contributed by atoms with Crippen molar-refractivity contribution < 1.29 is 19.2 Å². The highest BCUT2D eigenvalue weighted by molar-refractivity contribution is 6.05. The van der Waals surface area contributed by atoms with Crippen LogP contribution in [0.25, 0.3) is 0 Å². The SMILES string of the molecule is CN1CCN(c2cccc(CN3CCC(c4ccc5c(c4)CN(C4CCC(=O)NC4=O)C5=O)CC3)c2)C1=O. The van der Waals surface area contributed by atoms with Crippen LogP contribution >= 0.6 is 0 Å². The molecule has 0 bridgehead atoms. The lowest BCUT2D eigenvalue weighted by Crippen LogP contribution is -2.52. The number of anilines is 1. The van der Waals surface area contributed by atoms with Crippen LogP contribution in [-0.2, 0) is 22.7 Å². The average Bonchev–Trinajstić information content (AvgIpc) is 3.42. The van der Waals surface area contributed by atoms with Gasteiger partial charge in [-0.3, -0.25) is 29.5 Å². The van der Waals surface area contributed by atoms with Crippen LogP contribution in [0.2, 0.25) is 0 Å². The topological polar surface area (TPSA) is 93.3 Å². The van der Waals surface area contributed by atoms with Gasteiger partial charge in [0.05, 0.1) is 0 Å². The van der Waals surface area contributed by atoms with E-state index in [1.165, 1.54) is 11.1 Å². The van der Waals surface area contributed by atoms with Crippen LogP contribution in [0.15, 0.2) is 42.5 Å². The molecule has 5 amide bonds. The van der Waals surface area contributed by atoms with Crippen LogP contribution < -0.4 is 10.2 Å². The maximum absolute atomic E-state index is 13.0. The number of imide groups is 1. The van der Waals surface area contributed by atoms with E-state index < -0.39 is 6.04 Å². The number of urea groups is 1. The van der Waals surface area contributed by atoms with E-state index in [0.717, 1.165) is 56.8 Å². The molecule has 0 aliphatic carbocycles. The summed E-state index contributed by atoms with van der Waals surface area (Å²) in [6.45, 7) is 4.72. The lowest BCUT2D eigenvalue weighted by Gasteiger charge is -2.32. The predicted molar refractivity (Wildman–Crippen MR) is 142 cm³/mol. The first-order chi connectivity index (χ1) is 18.4. The fraction of sp³-hybridized carbons (Fsp3) is 0.448. The Bertz CT molecular complexity index is 1300. The molecule has 38 heavy (non-hydrogen) atoms. The van der Waals surface area contributed by atoms with Crippen molar-refractivity contribution in [2.45, 2.75) is 50.7 Å². The van der Waals surface area contributed by atoms with Crippen LogP contribution in [-0.4, -0.2) is 77.7 Å². The van der Waals surface area contributed by atoms with Gasteiger partial charge in [0.1, 0.15) is 6.04 Å². The number of carbonyl (C=O) groups excluding carboxylic acids is 4. The molecule has 0 radical (unpaired) electrons. The molecule has 3 fully saturated rings. The van der Waals surface area contributed by atoms with Crippen LogP contribution in [0.5, 0.6) is 0 Å². The van der Waals surface area contributed by atoms with Crippen LogP contribution in [0, 0.1) is 0 Å². The van der Waals surface area contributed by atoms with E-state index in [-0.39, 0.29) is 30.2 Å². The molecule has 198 valence electrons. The third kappa shape index (κ3) is 4.55. The fourth-order valence-electron chi connectivity index (χ4n) is 6.24. The van der Waals surface area contributed by atoms with Gasteiger partial charge in [-0.25, -0.2) is 4.79 Å². The summed E-state index contributed by atoms with van der Waals surface area (Å²) >= 11 is 0. The molecular weight excluding hydrogens is 482 g/mol. The number of nitrogens with one attached hydrogen (secondary N) is 1. The monoisotopic (exact) mass is 515 g/mol. The Kier molecular flexibility index (Phi) is 6.39. The Labute approximate surface area is 222 Å². The first-order valence-electron chi connectivity index (χ1n) is 13.5. The summed E-state index contributed by atoms with van der Waals surface area (Å²) in [6.07, 6.45) is 2.72. The zero-order valence-corrected chi connectivity index (χ0v) is 21.7. The lowest BCUT2D eigenvalue weighted by molar-refractivity contribution is -0.136. The molecule has 0 spiro atoms. The number of amides is 5. The van der Waals surface area contributed by atoms with Gasteiger partial charge in [-0.05, 0) is 73.2 Å². The second-order valence-corrected chi connectivity index (χ2v) is 10.9. The number of benzene rings is 2. The Morgan fingerprint density at radius 3 is 2.47 bits per heavy atom. The Hall–Kier alpha value is -3.72. The Morgan fingerprint density at radius 1 is 0.921 bits per heavy atom. The first kappa shape index (κ1) is 24.6. The number of fused-ring (bicyclic) bond motifs is 1. The summed E-state index contributed by atoms with van der Waals surface area (Å²) in [4.78, 5) is 56.9. The molecule has 4 heterocycles. The zero-order valence-electron chi connectivity index (χ0n) is 21.7. The molecular formula is C29H33N5O4. The van der Waals surface area contributed by atoms with Gasteiger partial charge in [0.15, 0.2) is 0 Å². The van der Waals surface area contributed by atoms with E-state index in [9.17, 15) is 19.2 Å². The smallest absolute Gasteiger partial charge is 0.324 e. The van der Waals surface area contributed by atoms with Crippen molar-refractivity contribution in [3.05, 3.63) is 64.7 Å². The average molecular weight is 516 g/mol. The van der Waals surface area contributed by atoms with Crippen molar-refractivity contribution in [2.24, 2.45) is 0 Å². The molecule has 2 aromatic carbocycles. The molecule has 9 nitrogen and oxygen atoms in total. The second-order valence-electron chi connectivity index (χ2n) is 10.9. The Balaban J connectivity index is 1.07. The van der Waals surface area contributed by atoms with Gasteiger partial charge in [0, 0.05) is 50.9 Å². The van der Waals surface area contributed by atoms with Crippen molar-refractivity contribution in [2.75, 3.05) is 38.1 Å². The van der Waals surface area contributed by atoms with Gasteiger partial charge >= 0.3 is 6.03 Å². The van der Waals surface area contributed by atoms with Gasteiger partial charge in [-0.1, -0.05) is 24.3 Å². The van der Waals surface area contributed by atoms with Crippen LogP contribution in [0.3, 0.4) is 0 Å². The maximum Gasteiger partial charge on any atom is 0.324 e. The van der Waals surface area contributed by atoms with Gasteiger partial charge < -0.3 is 9.80 Å². The number of hydrogen-bond donors (Lipinski definition) is 1. The van der Waals surface area contributed by atoms with Gasteiger partial charge in [-0.2, -0.15) is 0 Å². The normalized spacial score (nSPS) is 22.9. The summed E-state index contributed by atoms with van der Waals surface area (Å²) in [5.41, 5.74) is 5.07. The number of piperidine rings is 2. The van der Waals surface area contributed by atoms with Crippen LogP contribution in [0.4, 0.5) is 10.5 Å². The molecule has 4 aliphatic heterocycles. The zero-order chi connectivity index (χ0) is 26.4. The minimum atomic E-state index is -0.581. The van der Waals surface area contributed by atoms with Crippen LogP contribution in [0.1, 0.15) is 58.6 Å². The standard InChI is InChI=1S/C29H33N5O4/c1-31-13-14-33(29(31)38)23-4-2-3-19(15-23)17-32-11-9-20(10-12-32)21-5-6-24-22(16-21)18-34(28(24)37)25-7-8-26(35)30-27(25)36/h2-6,15-16,20,25H,7-14,17-18H2,1H3,(H,30,35,36). The quantitative estimate of drug-likeness (QED) is 0.618. The fourth-order valence-corrected chi connectivity index (χ4v) is 6.24. The molecule has 2 aromatic rings. The number of rotatable bonds is 5. The van der Waals surface area contributed by atoms with Gasteiger partial charge in [0.2, 0.25) is 11.8 Å². The molecule has 3 saturated heterocycles. The molecule has 1 atom stereocenters. The summed E-state index contributed by atoms with van der Waals surface area (Å²) < 4.78 is 0. The molecule has 0 aromatic heterocycles. The van der Waals surface area contributed by atoms with E-state index in [2.05, 4.69) is 34.5 Å². The lowest BCUT2D eigenvalue weighted by atomic mass is 9.87. The molecule has 4 aliphatic rings. The van der Waals surface area contributed by atoms with Crippen molar-refractivity contribution in [3.63, 3.8) is 0 Å². The van der Waals surface area contributed by atoms with Gasteiger partial charge in [0.25, 0.3) is 5.91 Å². The second kappa shape index (κ2) is 9.87. The molecule has 1 N–H and O–H groups in total. The van der Waals surface area contributed by atoms with Crippen molar-refractivity contribution in [1.29, 1.82) is 0 Å². The van der Waals surface area contributed by atoms with E-state index in [1.54, 1.807) is 9.80 Å². The largest absolute Gasteiger partial charge is 0.326 e. The number of nitrogens with zero attached hydrogens (tertiary/aromatic N) is 4. The van der Waals surface area contributed by atoms with Crippen molar-refractivity contribution in [3.8, 4) is 0 Å². The summed E-state index contributed by atoms with van der Waals surface area (Å²) in [5.74, 6) is -0.341. The van der Waals surface area contributed by atoms with E-state index >= 15 is 0 Å².